The van der Waals surface area contributed by atoms with Crippen molar-refractivity contribution in [3.8, 4) is 0 Å². The first-order chi connectivity index (χ1) is 9.21. The van der Waals surface area contributed by atoms with Gasteiger partial charge in [0.2, 0.25) is 0 Å². The second-order valence-electron chi connectivity index (χ2n) is 2.87. The molecule has 0 aliphatic rings. The molecule has 1 heterocycles. The van der Waals surface area contributed by atoms with Gasteiger partial charge in [-0.1, -0.05) is 0 Å². The molecule has 0 unspecified atom stereocenters. The highest BCUT2D eigenvalue weighted by Gasteiger charge is 2.46. The average molecular weight is 361 g/mol. The van der Waals surface area contributed by atoms with E-state index in [1.807, 2.05) is 12.1 Å². The third-order valence-electron chi connectivity index (χ3n) is 1.30. The van der Waals surface area contributed by atoms with E-state index in [1.165, 1.54) is 0 Å². The molecule has 0 aromatic carbocycles. The molecular formula is C6H5F6N3O4S2. The summed E-state index contributed by atoms with van der Waals surface area (Å²) in [5.74, 6) is 0. The first kappa shape index (κ1) is 19.5. The molecule has 15 heteroatoms. The lowest BCUT2D eigenvalue weighted by molar-refractivity contribution is -0.455. The first-order valence-corrected chi connectivity index (χ1v) is 7.22. The molecule has 1 N–H and O–H groups in total. The van der Waals surface area contributed by atoms with Crippen LogP contribution in [0.4, 0.5) is 26.3 Å². The van der Waals surface area contributed by atoms with Crippen LogP contribution in [0.3, 0.4) is 0 Å². The van der Waals surface area contributed by atoms with E-state index in [2.05, 4.69) is 10.2 Å². The zero-order chi connectivity index (χ0) is 16.9. The Morgan fingerprint density at radius 2 is 1.29 bits per heavy atom. The van der Waals surface area contributed by atoms with Crippen LogP contribution in [0, 0.1) is 0 Å². The van der Waals surface area contributed by atoms with E-state index in [9.17, 15) is 43.2 Å². The van der Waals surface area contributed by atoms with Gasteiger partial charge in [0.15, 0.2) is 26.2 Å². The van der Waals surface area contributed by atoms with E-state index < -0.39 is 31.1 Å². The van der Waals surface area contributed by atoms with Crippen LogP contribution >= 0.6 is 0 Å². The summed E-state index contributed by atoms with van der Waals surface area (Å²) in [6.45, 7) is 0. The SMILES string of the molecule is O=S(=O)([N-]S(=O)(=O)C(F)(F)F)C(F)(F)F.c1cc[nH+]nc1. The molecule has 122 valence electrons. The van der Waals surface area contributed by atoms with Crippen LogP contribution in [0.25, 0.3) is 4.13 Å². The van der Waals surface area contributed by atoms with E-state index in [1.54, 1.807) is 12.4 Å². The van der Waals surface area contributed by atoms with Crippen molar-refractivity contribution >= 4 is 20.0 Å². The lowest BCUT2D eigenvalue weighted by Gasteiger charge is -2.22. The Balaban J connectivity index is 0.000000547. The van der Waals surface area contributed by atoms with E-state index in [-0.39, 0.29) is 0 Å². The highest BCUT2D eigenvalue weighted by molar-refractivity contribution is 8.13. The standard InChI is InChI=1S/C4H4N2.C2F6NO4S2/c1-2-4-6-5-3-1;3-1(4,5)14(10,11)9-15(12,13)2(6,7)8/h1-4H;/q;-1/p+1. The maximum absolute atomic E-state index is 11.4. The number of nitrogens with one attached hydrogen (secondary N) is 1. The number of halogens is 6. The normalized spacial score (nSPS) is 13.2. The summed E-state index contributed by atoms with van der Waals surface area (Å²) >= 11 is 0. The van der Waals surface area contributed by atoms with E-state index >= 15 is 0 Å². The summed E-state index contributed by atoms with van der Waals surface area (Å²) in [7, 11) is -13.4. The average Bonchev–Trinajstić information content (AvgIpc) is 2.27. The number of alkyl halides is 6. The van der Waals surface area contributed by atoms with Gasteiger partial charge < -0.3 is 4.13 Å². The maximum atomic E-state index is 11.4. The van der Waals surface area contributed by atoms with Crippen LogP contribution in [0.5, 0.6) is 0 Å². The summed E-state index contributed by atoms with van der Waals surface area (Å²) in [5.41, 5.74) is -12.4. The van der Waals surface area contributed by atoms with Crippen molar-refractivity contribution in [3.63, 3.8) is 0 Å². The van der Waals surface area contributed by atoms with E-state index in [4.69, 9.17) is 0 Å². The summed E-state index contributed by atoms with van der Waals surface area (Å²) < 4.78 is 109. The number of hydrogen-bond donors (Lipinski definition) is 0. The fraction of sp³-hybridized carbons (Fsp3) is 0.333. The van der Waals surface area contributed by atoms with Crippen molar-refractivity contribution in [1.82, 2.24) is 5.10 Å². The Morgan fingerprint density at radius 3 is 1.43 bits per heavy atom. The zero-order valence-corrected chi connectivity index (χ0v) is 11.1. The number of aromatic nitrogens is 2. The Labute approximate surface area is 114 Å². The van der Waals surface area contributed by atoms with Crippen molar-refractivity contribution in [2.45, 2.75) is 11.0 Å². The third-order valence-corrected chi connectivity index (χ3v) is 4.04. The van der Waals surface area contributed by atoms with Crippen LogP contribution in [-0.4, -0.2) is 33.0 Å². The summed E-state index contributed by atoms with van der Waals surface area (Å²) in [6.07, 6.45) is 3.46. The van der Waals surface area contributed by atoms with Crippen molar-refractivity contribution in [1.29, 1.82) is 0 Å². The van der Waals surface area contributed by atoms with Crippen molar-refractivity contribution in [3.05, 3.63) is 28.7 Å². The fourth-order valence-corrected chi connectivity index (χ4v) is 2.20. The predicted molar refractivity (Wildman–Crippen MR) is 54.1 cm³/mol. The van der Waals surface area contributed by atoms with Crippen molar-refractivity contribution in [2.24, 2.45) is 0 Å². The summed E-state index contributed by atoms with van der Waals surface area (Å²) in [4.78, 5) is 0. The fourth-order valence-electron chi connectivity index (χ4n) is 0.491. The van der Waals surface area contributed by atoms with E-state index in [0.29, 0.717) is 0 Å². The van der Waals surface area contributed by atoms with Crippen LogP contribution in [0.15, 0.2) is 24.5 Å². The van der Waals surface area contributed by atoms with Gasteiger partial charge in [0.1, 0.15) is 0 Å². The highest BCUT2D eigenvalue weighted by Crippen LogP contribution is 2.36. The minimum Gasteiger partial charge on any atom is -0.421 e. The van der Waals surface area contributed by atoms with Gasteiger partial charge >= 0.3 is 11.0 Å². The van der Waals surface area contributed by atoms with Gasteiger partial charge in [-0.2, -0.15) is 26.3 Å². The molecule has 21 heavy (non-hydrogen) atoms. The molecule has 0 fully saturated rings. The molecule has 0 saturated carbocycles. The Bertz CT molecular complexity index is 571. The Morgan fingerprint density at radius 1 is 0.857 bits per heavy atom. The quantitative estimate of drug-likeness (QED) is 0.729. The van der Waals surface area contributed by atoms with Gasteiger partial charge in [-0.25, -0.2) is 16.8 Å². The van der Waals surface area contributed by atoms with Gasteiger partial charge in [0.25, 0.3) is 0 Å². The molecule has 0 radical (unpaired) electrons. The molecule has 0 saturated heterocycles. The number of hydrogen-bond acceptors (Lipinski definition) is 5. The molecule has 0 amide bonds. The largest absolute Gasteiger partial charge is 0.480 e. The Kier molecular flexibility index (Phi) is 6.06. The smallest absolute Gasteiger partial charge is 0.421 e. The first-order valence-electron chi connectivity index (χ1n) is 4.34. The monoisotopic (exact) mass is 361 g/mol. The highest BCUT2D eigenvalue weighted by atomic mass is 32.3. The van der Waals surface area contributed by atoms with Crippen LogP contribution in [0.1, 0.15) is 0 Å². The zero-order valence-electron chi connectivity index (χ0n) is 9.42. The third kappa shape index (κ3) is 6.21. The lowest BCUT2D eigenvalue weighted by Crippen LogP contribution is -2.30. The van der Waals surface area contributed by atoms with Crippen LogP contribution in [0.2, 0.25) is 0 Å². The lowest BCUT2D eigenvalue weighted by atomic mass is 10.6. The molecular weight excluding hydrogens is 356 g/mol. The number of rotatable bonds is 2. The minimum absolute atomic E-state index is 0.778. The molecule has 1 rings (SSSR count). The second kappa shape index (κ2) is 6.52. The number of sulfonamides is 2. The van der Waals surface area contributed by atoms with Crippen molar-refractivity contribution in [2.75, 3.05) is 0 Å². The molecule has 1 aromatic heterocycles. The van der Waals surface area contributed by atoms with Gasteiger partial charge in [0.05, 0.1) is 6.20 Å². The predicted octanol–water partition coefficient (Wildman–Crippen LogP) is 0.955. The van der Waals surface area contributed by atoms with Gasteiger partial charge in [0, 0.05) is 6.07 Å². The van der Waals surface area contributed by atoms with Crippen LogP contribution in [-0.2, 0) is 20.0 Å². The number of nitrogens with zero attached hydrogens (tertiary/aromatic N) is 2. The number of H-pyrrole nitrogens is 1. The molecule has 1 aromatic rings. The molecule has 0 bridgehead atoms. The number of aromatic amines is 1. The van der Waals surface area contributed by atoms with Crippen molar-refractivity contribution < 1.29 is 48.3 Å². The van der Waals surface area contributed by atoms with Gasteiger partial charge in [-0.3, -0.25) is 0 Å². The molecule has 0 atom stereocenters. The summed E-state index contributed by atoms with van der Waals surface area (Å²) in [6, 6.07) is 3.74. The molecule has 0 aliphatic carbocycles. The molecule has 0 aliphatic heterocycles. The topological polar surface area (TPSA) is 109 Å². The summed E-state index contributed by atoms with van der Waals surface area (Å²) in [5, 5.41) is 6.30. The molecule has 0 spiro atoms. The molecule has 7 nitrogen and oxygen atoms in total. The Hall–Kier alpha value is -1.48. The maximum Gasteiger partial charge on any atom is 0.480 e. The van der Waals surface area contributed by atoms with E-state index in [0.717, 1.165) is 4.13 Å². The minimum atomic E-state index is -6.72. The van der Waals surface area contributed by atoms with Gasteiger partial charge in [-0.15, -0.1) is 5.10 Å². The second-order valence-corrected chi connectivity index (χ2v) is 6.30. The van der Waals surface area contributed by atoms with Gasteiger partial charge in [-0.05, 0) is 11.2 Å². The van der Waals surface area contributed by atoms with Crippen LogP contribution < -0.4 is 5.10 Å².